The Hall–Kier alpha value is -1.00. The molecule has 0 aromatic carbocycles. The van der Waals surface area contributed by atoms with Crippen molar-refractivity contribution in [2.24, 2.45) is 0 Å². The summed E-state index contributed by atoms with van der Waals surface area (Å²) in [6.07, 6.45) is 3.84. The maximum absolute atomic E-state index is 12.7. The summed E-state index contributed by atoms with van der Waals surface area (Å²) in [5.41, 5.74) is 0. The average Bonchev–Trinajstić information content (AvgIpc) is 2.83. The van der Waals surface area contributed by atoms with Crippen molar-refractivity contribution in [2.45, 2.75) is 6.42 Å². The normalized spacial score (nSPS) is 22.0. The molecule has 0 amide bonds. The standard InChI is InChI=1S/C13H20ClN5O3S/c14-12-10-15-13(16-11-12)17-2-1-3-18(5-4-17)23(20,21)19-6-8-22-9-7-19/h10-11H,1-9H2. The van der Waals surface area contributed by atoms with Gasteiger partial charge in [-0.3, -0.25) is 0 Å². The van der Waals surface area contributed by atoms with E-state index in [1.165, 1.54) is 4.31 Å². The van der Waals surface area contributed by atoms with Crippen molar-refractivity contribution in [1.29, 1.82) is 0 Å². The van der Waals surface area contributed by atoms with Crippen molar-refractivity contribution in [3.05, 3.63) is 17.4 Å². The van der Waals surface area contributed by atoms with Gasteiger partial charge in [-0.15, -0.1) is 0 Å². The fourth-order valence-corrected chi connectivity index (χ4v) is 4.44. The second-order valence-electron chi connectivity index (χ2n) is 5.46. The molecule has 2 aliphatic heterocycles. The van der Waals surface area contributed by atoms with Crippen LogP contribution in [0.25, 0.3) is 0 Å². The van der Waals surface area contributed by atoms with Gasteiger partial charge in [-0.05, 0) is 6.42 Å². The van der Waals surface area contributed by atoms with E-state index in [2.05, 4.69) is 9.97 Å². The largest absolute Gasteiger partial charge is 0.379 e. The molecule has 0 unspecified atom stereocenters. The van der Waals surface area contributed by atoms with Crippen LogP contribution >= 0.6 is 11.6 Å². The number of hydrogen-bond acceptors (Lipinski definition) is 6. The van der Waals surface area contributed by atoms with E-state index in [1.807, 2.05) is 4.90 Å². The molecular formula is C13H20ClN5O3S. The summed E-state index contributed by atoms with van der Waals surface area (Å²) in [7, 11) is -3.42. The number of ether oxygens (including phenoxy) is 1. The van der Waals surface area contributed by atoms with E-state index < -0.39 is 10.2 Å². The second kappa shape index (κ2) is 7.27. The summed E-state index contributed by atoms with van der Waals surface area (Å²) in [5, 5.41) is 0.486. The lowest BCUT2D eigenvalue weighted by molar-refractivity contribution is 0.0703. The maximum atomic E-state index is 12.7. The van der Waals surface area contributed by atoms with Crippen LogP contribution in [0, 0.1) is 0 Å². The van der Waals surface area contributed by atoms with Crippen LogP contribution in [0.15, 0.2) is 12.4 Å². The Kier molecular flexibility index (Phi) is 5.32. The van der Waals surface area contributed by atoms with Crippen LogP contribution < -0.4 is 4.90 Å². The summed E-state index contributed by atoms with van der Waals surface area (Å²) < 4.78 is 33.7. The van der Waals surface area contributed by atoms with E-state index in [-0.39, 0.29) is 0 Å². The van der Waals surface area contributed by atoms with Crippen LogP contribution in [-0.4, -0.2) is 79.5 Å². The monoisotopic (exact) mass is 361 g/mol. The molecule has 0 spiro atoms. The van der Waals surface area contributed by atoms with Crippen LogP contribution in [0.4, 0.5) is 5.95 Å². The first-order chi connectivity index (χ1) is 11.1. The van der Waals surface area contributed by atoms with Crippen molar-refractivity contribution in [2.75, 3.05) is 57.4 Å². The van der Waals surface area contributed by atoms with Crippen LogP contribution in [0.3, 0.4) is 0 Å². The molecular weight excluding hydrogens is 342 g/mol. The van der Waals surface area contributed by atoms with Gasteiger partial charge in [-0.2, -0.15) is 17.0 Å². The molecule has 0 atom stereocenters. The highest BCUT2D eigenvalue weighted by Crippen LogP contribution is 2.17. The van der Waals surface area contributed by atoms with Crippen LogP contribution in [0.5, 0.6) is 0 Å². The second-order valence-corrected chi connectivity index (χ2v) is 7.83. The molecule has 0 radical (unpaired) electrons. The lowest BCUT2D eigenvalue weighted by Gasteiger charge is -2.31. The smallest absolute Gasteiger partial charge is 0.282 e. The molecule has 2 aliphatic rings. The molecule has 8 nitrogen and oxygen atoms in total. The van der Waals surface area contributed by atoms with Crippen molar-refractivity contribution >= 4 is 27.8 Å². The third kappa shape index (κ3) is 3.92. The Morgan fingerprint density at radius 3 is 2.30 bits per heavy atom. The van der Waals surface area contributed by atoms with Crippen LogP contribution in [-0.2, 0) is 14.9 Å². The molecule has 0 bridgehead atoms. The van der Waals surface area contributed by atoms with Gasteiger partial charge in [0.15, 0.2) is 0 Å². The number of nitrogens with zero attached hydrogens (tertiary/aromatic N) is 5. The molecule has 23 heavy (non-hydrogen) atoms. The fraction of sp³-hybridized carbons (Fsp3) is 0.692. The van der Waals surface area contributed by atoms with E-state index in [0.717, 1.165) is 13.0 Å². The van der Waals surface area contributed by atoms with Gasteiger partial charge in [-0.1, -0.05) is 11.6 Å². The number of morpholine rings is 1. The lowest BCUT2D eigenvalue weighted by Crippen LogP contribution is -2.49. The number of rotatable bonds is 3. The van der Waals surface area contributed by atoms with Gasteiger partial charge in [0.25, 0.3) is 10.2 Å². The fourth-order valence-electron chi connectivity index (χ4n) is 2.73. The predicted molar refractivity (Wildman–Crippen MR) is 86.8 cm³/mol. The molecule has 0 N–H and O–H groups in total. The number of aromatic nitrogens is 2. The molecule has 2 fully saturated rings. The van der Waals surface area contributed by atoms with Gasteiger partial charge in [0.2, 0.25) is 5.95 Å². The SMILES string of the molecule is O=S(=O)(N1CCOCC1)N1CCCN(c2ncc(Cl)cn2)CC1. The van der Waals surface area contributed by atoms with E-state index in [4.69, 9.17) is 16.3 Å². The number of anilines is 1. The molecule has 3 rings (SSSR count). The Labute approximate surface area is 141 Å². The molecule has 0 aliphatic carbocycles. The molecule has 1 aromatic rings. The third-order valence-electron chi connectivity index (χ3n) is 3.97. The summed E-state index contributed by atoms with van der Waals surface area (Å²) >= 11 is 5.81. The first-order valence-electron chi connectivity index (χ1n) is 7.63. The number of hydrogen-bond donors (Lipinski definition) is 0. The lowest BCUT2D eigenvalue weighted by atomic mass is 10.4. The first-order valence-corrected chi connectivity index (χ1v) is 9.40. The molecule has 1 aromatic heterocycles. The molecule has 10 heteroatoms. The Balaban J connectivity index is 1.67. The highest BCUT2D eigenvalue weighted by Gasteiger charge is 2.32. The minimum Gasteiger partial charge on any atom is -0.379 e. The first kappa shape index (κ1) is 16.8. The van der Waals surface area contributed by atoms with Crippen molar-refractivity contribution in [3.8, 4) is 0 Å². The Morgan fingerprint density at radius 1 is 0.957 bits per heavy atom. The van der Waals surface area contributed by atoms with E-state index in [9.17, 15) is 8.42 Å². The van der Waals surface area contributed by atoms with Gasteiger partial charge in [0, 0.05) is 39.3 Å². The quantitative estimate of drug-likeness (QED) is 0.766. The van der Waals surface area contributed by atoms with Gasteiger partial charge in [-0.25, -0.2) is 9.97 Å². The predicted octanol–water partition coefficient (Wildman–Crippen LogP) is 0.219. The summed E-state index contributed by atoms with van der Waals surface area (Å²) in [5.74, 6) is 0.583. The van der Waals surface area contributed by atoms with E-state index in [1.54, 1.807) is 16.7 Å². The summed E-state index contributed by atoms with van der Waals surface area (Å²) in [4.78, 5) is 10.4. The van der Waals surface area contributed by atoms with Crippen LogP contribution in [0.1, 0.15) is 6.42 Å². The van der Waals surface area contributed by atoms with E-state index >= 15 is 0 Å². The van der Waals surface area contributed by atoms with Crippen molar-refractivity contribution in [1.82, 2.24) is 18.6 Å². The van der Waals surface area contributed by atoms with Crippen molar-refractivity contribution in [3.63, 3.8) is 0 Å². The highest BCUT2D eigenvalue weighted by molar-refractivity contribution is 7.86. The van der Waals surface area contributed by atoms with E-state index in [0.29, 0.717) is 56.9 Å². The molecule has 3 heterocycles. The minimum atomic E-state index is -3.42. The van der Waals surface area contributed by atoms with Gasteiger partial charge >= 0.3 is 0 Å². The minimum absolute atomic E-state index is 0.419. The number of halogens is 1. The topological polar surface area (TPSA) is 78.9 Å². The van der Waals surface area contributed by atoms with Gasteiger partial charge in [0.1, 0.15) is 0 Å². The zero-order valence-electron chi connectivity index (χ0n) is 12.8. The molecule has 2 saturated heterocycles. The van der Waals surface area contributed by atoms with Gasteiger partial charge in [0.05, 0.1) is 30.6 Å². The maximum Gasteiger partial charge on any atom is 0.282 e. The average molecular weight is 362 g/mol. The summed E-state index contributed by atoms with van der Waals surface area (Å²) in [6, 6.07) is 0. The van der Waals surface area contributed by atoms with Crippen molar-refractivity contribution < 1.29 is 13.2 Å². The zero-order valence-corrected chi connectivity index (χ0v) is 14.3. The molecule has 128 valence electrons. The third-order valence-corrected chi connectivity index (χ3v) is 6.20. The Morgan fingerprint density at radius 2 is 1.61 bits per heavy atom. The molecule has 0 saturated carbocycles. The Bertz CT molecular complexity index is 621. The highest BCUT2D eigenvalue weighted by atomic mass is 35.5. The van der Waals surface area contributed by atoms with Gasteiger partial charge < -0.3 is 9.64 Å². The van der Waals surface area contributed by atoms with Crippen LogP contribution in [0.2, 0.25) is 5.02 Å². The summed E-state index contributed by atoms with van der Waals surface area (Å²) in [6.45, 7) is 3.96. The zero-order chi connectivity index (χ0) is 16.3.